The molecule has 54 heavy (non-hydrogen) atoms. The van der Waals surface area contributed by atoms with E-state index in [9.17, 15) is 0 Å². The monoisotopic (exact) mass is 686 g/mol. The molecular formula is C52H30O2. The maximum absolute atomic E-state index is 6.82. The van der Waals surface area contributed by atoms with Crippen molar-refractivity contribution in [3.05, 3.63) is 182 Å². The Morgan fingerprint density at radius 1 is 0.278 bits per heavy atom. The van der Waals surface area contributed by atoms with Gasteiger partial charge in [0.05, 0.1) is 0 Å². The number of benzene rings is 10. The van der Waals surface area contributed by atoms with Gasteiger partial charge in [-0.25, -0.2) is 0 Å². The molecule has 0 bridgehead atoms. The van der Waals surface area contributed by atoms with Crippen molar-refractivity contribution in [3.63, 3.8) is 0 Å². The Morgan fingerprint density at radius 2 is 0.852 bits per heavy atom. The lowest BCUT2D eigenvalue weighted by atomic mass is 9.84. The van der Waals surface area contributed by atoms with Crippen LogP contribution in [-0.4, -0.2) is 0 Å². The molecule has 0 fully saturated rings. The predicted molar refractivity (Wildman–Crippen MR) is 227 cm³/mol. The molecule has 250 valence electrons. The van der Waals surface area contributed by atoms with Crippen LogP contribution in [0.4, 0.5) is 0 Å². The van der Waals surface area contributed by atoms with Gasteiger partial charge in [-0.05, 0) is 95.2 Å². The largest absolute Gasteiger partial charge is 0.456 e. The molecule has 12 rings (SSSR count). The highest BCUT2D eigenvalue weighted by Gasteiger charge is 2.23. The first-order valence-corrected chi connectivity index (χ1v) is 18.5. The maximum Gasteiger partial charge on any atom is 0.144 e. The van der Waals surface area contributed by atoms with Gasteiger partial charge < -0.3 is 8.83 Å². The van der Waals surface area contributed by atoms with Crippen LogP contribution in [0.3, 0.4) is 0 Å². The van der Waals surface area contributed by atoms with Gasteiger partial charge in [-0.15, -0.1) is 0 Å². The van der Waals surface area contributed by atoms with Gasteiger partial charge in [0.15, 0.2) is 0 Å². The van der Waals surface area contributed by atoms with Crippen LogP contribution in [0.15, 0.2) is 191 Å². The van der Waals surface area contributed by atoms with Crippen molar-refractivity contribution in [2.45, 2.75) is 0 Å². The average Bonchev–Trinajstić information content (AvgIpc) is 3.81. The van der Waals surface area contributed by atoms with Crippen LogP contribution in [0.5, 0.6) is 0 Å². The SMILES string of the molecule is c1cc(-c2c3ccccc3c(-c3cccc4ccccc34)c3ccccc23)cc(-c2cc3oc4ccc5ccccc5c4c3c3c2oc2ccccc23)c1. The molecule has 0 amide bonds. The third-order valence-electron chi connectivity index (χ3n) is 11.4. The van der Waals surface area contributed by atoms with Crippen LogP contribution >= 0.6 is 0 Å². The fourth-order valence-corrected chi connectivity index (χ4v) is 9.15. The van der Waals surface area contributed by atoms with Gasteiger partial charge in [0.25, 0.3) is 0 Å². The van der Waals surface area contributed by atoms with E-state index in [1.54, 1.807) is 0 Å². The van der Waals surface area contributed by atoms with E-state index >= 15 is 0 Å². The third kappa shape index (κ3) is 4.11. The molecule has 2 heteroatoms. The minimum absolute atomic E-state index is 0.858. The topological polar surface area (TPSA) is 26.3 Å². The first-order chi connectivity index (χ1) is 26.8. The molecule has 0 aliphatic rings. The summed E-state index contributed by atoms with van der Waals surface area (Å²) in [6.07, 6.45) is 0. The normalized spacial score (nSPS) is 12.1. The summed E-state index contributed by atoms with van der Waals surface area (Å²) in [5, 5.41) is 14.2. The van der Waals surface area contributed by atoms with E-state index in [1.165, 1.54) is 59.8 Å². The van der Waals surface area contributed by atoms with Gasteiger partial charge in [-0.3, -0.25) is 0 Å². The van der Waals surface area contributed by atoms with Crippen LogP contribution in [0, 0.1) is 0 Å². The number of fused-ring (bicyclic) bond motifs is 12. The average molecular weight is 687 g/mol. The zero-order valence-corrected chi connectivity index (χ0v) is 29.1. The molecule has 0 N–H and O–H groups in total. The third-order valence-corrected chi connectivity index (χ3v) is 11.4. The van der Waals surface area contributed by atoms with Gasteiger partial charge in [-0.2, -0.15) is 0 Å². The second-order valence-electron chi connectivity index (χ2n) is 14.3. The van der Waals surface area contributed by atoms with Gasteiger partial charge in [0, 0.05) is 27.1 Å². The molecule has 2 nitrogen and oxygen atoms in total. The molecule has 0 atom stereocenters. The highest BCUT2D eigenvalue weighted by molar-refractivity contribution is 6.32. The van der Waals surface area contributed by atoms with E-state index < -0.39 is 0 Å². The van der Waals surface area contributed by atoms with E-state index in [2.05, 4.69) is 176 Å². The summed E-state index contributed by atoms with van der Waals surface area (Å²) in [4.78, 5) is 0. The molecule has 0 aliphatic heterocycles. The van der Waals surface area contributed by atoms with Crippen molar-refractivity contribution in [2.75, 3.05) is 0 Å². The van der Waals surface area contributed by atoms with Crippen molar-refractivity contribution < 1.29 is 8.83 Å². The number of rotatable bonds is 3. The first kappa shape index (κ1) is 29.4. The molecule has 0 saturated carbocycles. The summed E-state index contributed by atoms with van der Waals surface area (Å²) in [6, 6.07) is 65.4. The molecule has 12 aromatic rings. The zero-order valence-electron chi connectivity index (χ0n) is 29.1. The minimum atomic E-state index is 0.858. The van der Waals surface area contributed by atoms with Crippen LogP contribution in [0.25, 0.3) is 120 Å². The smallest absolute Gasteiger partial charge is 0.144 e. The number of hydrogen-bond acceptors (Lipinski definition) is 2. The lowest BCUT2D eigenvalue weighted by Crippen LogP contribution is -1.92. The Labute approximate surface area is 310 Å². The van der Waals surface area contributed by atoms with Gasteiger partial charge in [0.1, 0.15) is 22.3 Å². The fourth-order valence-electron chi connectivity index (χ4n) is 9.15. The highest BCUT2D eigenvalue weighted by atomic mass is 16.3. The first-order valence-electron chi connectivity index (χ1n) is 18.5. The number of furan rings is 2. The Balaban J connectivity index is 1.15. The summed E-state index contributed by atoms with van der Waals surface area (Å²) in [7, 11) is 0. The molecular weight excluding hydrogens is 657 g/mol. The summed E-state index contributed by atoms with van der Waals surface area (Å²) in [5.74, 6) is 0. The Hall–Kier alpha value is -7.16. The molecule has 2 heterocycles. The van der Waals surface area contributed by atoms with E-state index in [-0.39, 0.29) is 0 Å². The lowest BCUT2D eigenvalue weighted by molar-refractivity contribution is 0.664. The lowest BCUT2D eigenvalue weighted by Gasteiger charge is -2.19. The van der Waals surface area contributed by atoms with Gasteiger partial charge in [-0.1, -0.05) is 158 Å². The summed E-state index contributed by atoms with van der Waals surface area (Å²) < 4.78 is 13.5. The molecule has 0 aliphatic carbocycles. The molecule has 10 aromatic carbocycles. The summed E-state index contributed by atoms with van der Waals surface area (Å²) >= 11 is 0. The molecule has 0 saturated heterocycles. The van der Waals surface area contributed by atoms with Crippen molar-refractivity contribution in [1.82, 2.24) is 0 Å². The van der Waals surface area contributed by atoms with E-state index in [4.69, 9.17) is 8.83 Å². The quantitative estimate of drug-likeness (QED) is 0.173. The Bertz CT molecular complexity index is 3440. The zero-order chi connectivity index (χ0) is 35.3. The molecule has 0 radical (unpaired) electrons. The fraction of sp³-hybridized carbons (Fsp3) is 0. The van der Waals surface area contributed by atoms with Crippen molar-refractivity contribution >= 4 is 87.0 Å². The van der Waals surface area contributed by atoms with Crippen LogP contribution < -0.4 is 0 Å². The van der Waals surface area contributed by atoms with E-state index in [1.807, 2.05) is 6.07 Å². The summed E-state index contributed by atoms with van der Waals surface area (Å²) in [6.45, 7) is 0. The van der Waals surface area contributed by atoms with Crippen LogP contribution in [-0.2, 0) is 0 Å². The Kier molecular flexibility index (Phi) is 6.09. The predicted octanol–water partition coefficient (Wildman–Crippen LogP) is 15.1. The summed E-state index contributed by atoms with van der Waals surface area (Å²) in [5.41, 5.74) is 10.5. The minimum Gasteiger partial charge on any atom is -0.456 e. The standard InChI is InChI=1S/C52H30O2/c1-3-18-35-31(13-1)15-12-25-37(35)48-40-22-7-5-20-38(40)47(39-21-6-8-23-41(39)48)34-17-11-16-33(29-34)43-30-46-51(50-42-24-9-10-26-44(42)54-52(43)50)49-36-19-4-2-14-32(36)27-28-45(49)53-46/h1-30H. The highest BCUT2D eigenvalue weighted by Crippen LogP contribution is 2.48. The van der Waals surface area contributed by atoms with E-state index in [0.717, 1.165) is 60.6 Å². The van der Waals surface area contributed by atoms with E-state index in [0.29, 0.717) is 0 Å². The van der Waals surface area contributed by atoms with Crippen LogP contribution in [0.2, 0.25) is 0 Å². The van der Waals surface area contributed by atoms with Crippen molar-refractivity contribution in [3.8, 4) is 33.4 Å². The Morgan fingerprint density at radius 3 is 1.61 bits per heavy atom. The maximum atomic E-state index is 6.82. The molecule has 0 spiro atoms. The molecule has 2 aromatic heterocycles. The number of hydrogen-bond donors (Lipinski definition) is 0. The second kappa shape index (κ2) is 11.2. The number of para-hydroxylation sites is 1. The van der Waals surface area contributed by atoms with Crippen molar-refractivity contribution in [2.24, 2.45) is 0 Å². The van der Waals surface area contributed by atoms with Gasteiger partial charge >= 0.3 is 0 Å². The van der Waals surface area contributed by atoms with Crippen molar-refractivity contribution in [1.29, 1.82) is 0 Å². The van der Waals surface area contributed by atoms with Crippen LogP contribution in [0.1, 0.15) is 0 Å². The second-order valence-corrected chi connectivity index (χ2v) is 14.3. The van der Waals surface area contributed by atoms with Gasteiger partial charge in [0.2, 0.25) is 0 Å². The molecule has 0 unspecified atom stereocenters.